The topological polar surface area (TPSA) is 42.0 Å². The first-order valence-electron chi connectivity index (χ1n) is 5.24. The fourth-order valence-corrected chi connectivity index (χ4v) is 1.74. The zero-order valence-corrected chi connectivity index (χ0v) is 11.4. The van der Waals surface area contributed by atoms with Gasteiger partial charge in [0.25, 0.3) is 0 Å². The van der Waals surface area contributed by atoms with Crippen molar-refractivity contribution in [2.75, 3.05) is 5.32 Å². The molecular weight excluding hydrogens is 291 g/mol. The SMILES string of the molecule is CCCCCC(=O)Nc1cc(Br)cnc1Cl. The third kappa shape index (κ3) is 4.49. The minimum absolute atomic E-state index is 0.0183. The molecule has 1 amide bonds. The van der Waals surface area contributed by atoms with Gasteiger partial charge in [-0.1, -0.05) is 31.4 Å². The molecule has 0 aliphatic heterocycles. The number of pyridine rings is 1. The van der Waals surface area contributed by atoms with E-state index in [2.05, 4.69) is 33.2 Å². The van der Waals surface area contributed by atoms with Crippen molar-refractivity contribution in [2.24, 2.45) is 0 Å². The summed E-state index contributed by atoms with van der Waals surface area (Å²) in [5, 5.41) is 3.06. The highest BCUT2D eigenvalue weighted by Crippen LogP contribution is 2.23. The molecule has 88 valence electrons. The molecule has 0 unspecified atom stereocenters. The van der Waals surface area contributed by atoms with E-state index in [0.717, 1.165) is 23.7 Å². The summed E-state index contributed by atoms with van der Waals surface area (Å²) < 4.78 is 0.792. The standard InChI is InChI=1S/C11H14BrClN2O/c1-2-3-4-5-10(16)15-9-6-8(12)7-14-11(9)13/h6-7H,2-5H2,1H3,(H,15,16). The number of aromatic nitrogens is 1. The molecule has 16 heavy (non-hydrogen) atoms. The van der Waals surface area contributed by atoms with Crippen molar-refractivity contribution >= 4 is 39.1 Å². The van der Waals surface area contributed by atoms with Gasteiger partial charge in [0.2, 0.25) is 5.91 Å². The molecule has 0 aliphatic carbocycles. The third-order valence-corrected chi connectivity index (χ3v) is 2.82. The highest BCUT2D eigenvalue weighted by Gasteiger charge is 2.06. The molecular formula is C11H14BrClN2O. The van der Waals surface area contributed by atoms with Gasteiger partial charge in [-0.05, 0) is 28.4 Å². The van der Waals surface area contributed by atoms with Crippen molar-refractivity contribution in [1.82, 2.24) is 4.98 Å². The van der Waals surface area contributed by atoms with Gasteiger partial charge in [-0.25, -0.2) is 4.98 Å². The first kappa shape index (κ1) is 13.5. The average molecular weight is 306 g/mol. The highest BCUT2D eigenvalue weighted by molar-refractivity contribution is 9.10. The van der Waals surface area contributed by atoms with Crippen molar-refractivity contribution in [1.29, 1.82) is 0 Å². The van der Waals surface area contributed by atoms with Crippen molar-refractivity contribution in [3.05, 3.63) is 21.9 Å². The molecule has 0 saturated carbocycles. The van der Waals surface area contributed by atoms with Crippen LogP contribution in [-0.2, 0) is 4.79 Å². The fraction of sp³-hybridized carbons (Fsp3) is 0.455. The molecule has 0 aliphatic rings. The van der Waals surface area contributed by atoms with E-state index in [0.29, 0.717) is 17.3 Å². The molecule has 0 saturated heterocycles. The Hall–Kier alpha value is -0.610. The number of carbonyl (C=O) groups is 1. The summed E-state index contributed by atoms with van der Waals surface area (Å²) >= 11 is 9.13. The number of nitrogens with zero attached hydrogens (tertiary/aromatic N) is 1. The molecule has 1 rings (SSSR count). The summed E-state index contributed by atoms with van der Waals surface area (Å²) in [7, 11) is 0. The Labute approximate surface area is 109 Å². The lowest BCUT2D eigenvalue weighted by Gasteiger charge is -2.06. The highest BCUT2D eigenvalue weighted by atomic mass is 79.9. The normalized spacial score (nSPS) is 10.2. The van der Waals surface area contributed by atoms with Gasteiger partial charge in [0.15, 0.2) is 5.15 Å². The lowest BCUT2D eigenvalue weighted by Crippen LogP contribution is -2.11. The third-order valence-electron chi connectivity index (χ3n) is 2.09. The van der Waals surface area contributed by atoms with Crippen LogP contribution in [0.4, 0.5) is 5.69 Å². The number of nitrogens with one attached hydrogen (secondary N) is 1. The van der Waals surface area contributed by atoms with Crippen LogP contribution < -0.4 is 5.32 Å². The van der Waals surface area contributed by atoms with Gasteiger partial charge in [0.1, 0.15) is 0 Å². The maximum Gasteiger partial charge on any atom is 0.224 e. The van der Waals surface area contributed by atoms with Crippen molar-refractivity contribution in [3.8, 4) is 0 Å². The number of hydrogen-bond donors (Lipinski definition) is 1. The van der Waals surface area contributed by atoms with Crippen LogP contribution in [0.15, 0.2) is 16.7 Å². The van der Waals surface area contributed by atoms with Crippen molar-refractivity contribution in [3.63, 3.8) is 0 Å². The van der Waals surface area contributed by atoms with Crippen LogP contribution in [0, 0.1) is 0 Å². The lowest BCUT2D eigenvalue weighted by molar-refractivity contribution is -0.116. The van der Waals surface area contributed by atoms with E-state index in [1.54, 1.807) is 12.3 Å². The Kier molecular flexibility index (Phi) is 5.77. The zero-order valence-electron chi connectivity index (χ0n) is 9.09. The zero-order chi connectivity index (χ0) is 12.0. The van der Waals surface area contributed by atoms with Crippen LogP contribution in [0.5, 0.6) is 0 Å². The Balaban J connectivity index is 2.52. The van der Waals surface area contributed by atoms with Crippen LogP contribution in [-0.4, -0.2) is 10.9 Å². The molecule has 0 bridgehead atoms. The average Bonchev–Trinajstić information content (AvgIpc) is 2.24. The number of hydrogen-bond acceptors (Lipinski definition) is 2. The number of unbranched alkanes of at least 4 members (excludes halogenated alkanes) is 2. The van der Waals surface area contributed by atoms with E-state index in [1.807, 2.05) is 0 Å². The Bertz CT molecular complexity index is 371. The number of anilines is 1. The van der Waals surface area contributed by atoms with Crippen LogP contribution >= 0.6 is 27.5 Å². The molecule has 1 N–H and O–H groups in total. The van der Waals surface area contributed by atoms with Crippen LogP contribution in [0.1, 0.15) is 32.6 Å². The molecule has 0 atom stereocenters. The maximum atomic E-state index is 11.5. The van der Waals surface area contributed by atoms with E-state index in [4.69, 9.17) is 11.6 Å². The summed E-state index contributed by atoms with van der Waals surface area (Å²) in [4.78, 5) is 15.5. The second kappa shape index (κ2) is 6.86. The minimum Gasteiger partial charge on any atom is -0.323 e. The van der Waals surface area contributed by atoms with E-state index in [1.165, 1.54) is 0 Å². The molecule has 1 heterocycles. The Morgan fingerprint density at radius 3 is 3.00 bits per heavy atom. The minimum atomic E-state index is -0.0183. The molecule has 1 aromatic heterocycles. The summed E-state index contributed by atoms with van der Waals surface area (Å²) in [6.07, 6.45) is 5.19. The number of amides is 1. The summed E-state index contributed by atoms with van der Waals surface area (Å²) in [6, 6.07) is 1.74. The molecule has 1 aromatic rings. The summed E-state index contributed by atoms with van der Waals surface area (Å²) in [5.74, 6) is -0.0183. The summed E-state index contributed by atoms with van der Waals surface area (Å²) in [5.41, 5.74) is 0.553. The molecule has 0 spiro atoms. The van der Waals surface area contributed by atoms with E-state index in [9.17, 15) is 4.79 Å². The molecule has 0 radical (unpaired) electrons. The van der Waals surface area contributed by atoms with E-state index >= 15 is 0 Å². The smallest absolute Gasteiger partial charge is 0.224 e. The predicted molar refractivity (Wildman–Crippen MR) is 69.7 cm³/mol. The number of rotatable bonds is 5. The van der Waals surface area contributed by atoms with Gasteiger partial charge in [-0.3, -0.25) is 4.79 Å². The lowest BCUT2D eigenvalue weighted by atomic mass is 10.2. The fourth-order valence-electron chi connectivity index (χ4n) is 1.26. The van der Waals surface area contributed by atoms with Gasteiger partial charge in [0, 0.05) is 17.1 Å². The predicted octanol–water partition coefficient (Wildman–Crippen LogP) is 4.02. The van der Waals surface area contributed by atoms with E-state index in [-0.39, 0.29) is 5.91 Å². The molecule has 0 fully saturated rings. The first-order valence-corrected chi connectivity index (χ1v) is 6.41. The van der Waals surface area contributed by atoms with E-state index < -0.39 is 0 Å². The van der Waals surface area contributed by atoms with Gasteiger partial charge >= 0.3 is 0 Å². The largest absolute Gasteiger partial charge is 0.323 e. The van der Waals surface area contributed by atoms with Crippen LogP contribution in [0.3, 0.4) is 0 Å². The Morgan fingerprint density at radius 2 is 2.31 bits per heavy atom. The van der Waals surface area contributed by atoms with Gasteiger partial charge < -0.3 is 5.32 Å². The second-order valence-corrected chi connectivity index (χ2v) is 4.77. The summed E-state index contributed by atoms with van der Waals surface area (Å²) in [6.45, 7) is 2.10. The molecule has 3 nitrogen and oxygen atoms in total. The van der Waals surface area contributed by atoms with Crippen molar-refractivity contribution < 1.29 is 4.79 Å². The first-order chi connectivity index (χ1) is 7.63. The number of carbonyl (C=O) groups excluding carboxylic acids is 1. The van der Waals surface area contributed by atoms with Crippen LogP contribution in [0.25, 0.3) is 0 Å². The quantitative estimate of drug-likeness (QED) is 0.659. The monoisotopic (exact) mass is 304 g/mol. The Morgan fingerprint density at radius 1 is 1.56 bits per heavy atom. The molecule has 0 aromatic carbocycles. The molecule has 5 heteroatoms. The second-order valence-electron chi connectivity index (χ2n) is 3.50. The van der Waals surface area contributed by atoms with Crippen molar-refractivity contribution in [2.45, 2.75) is 32.6 Å². The van der Waals surface area contributed by atoms with Gasteiger partial charge in [0.05, 0.1) is 5.69 Å². The number of halogens is 2. The maximum absolute atomic E-state index is 11.5. The van der Waals surface area contributed by atoms with Crippen LogP contribution in [0.2, 0.25) is 5.15 Å². The van der Waals surface area contributed by atoms with Gasteiger partial charge in [-0.15, -0.1) is 0 Å². The van der Waals surface area contributed by atoms with Gasteiger partial charge in [-0.2, -0.15) is 0 Å².